The van der Waals surface area contributed by atoms with E-state index in [9.17, 15) is 0 Å². The number of rotatable bonds is 9. The number of hydrogen-bond donors (Lipinski definition) is 2. The predicted molar refractivity (Wildman–Crippen MR) is 105 cm³/mol. The Labute approximate surface area is 156 Å². The number of hydrogen-bond acceptors (Lipinski definition) is 4. The first kappa shape index (κ1) is 19.8. The maximum Gasteiger partial charge on any atom is 0.191 e. The number of aromatic nitrogens is 1. The standard InChI is InChI=1S/C20H30N4O2/c1-5-18-17(19(6-2)26-24-18)14-23-20(21-3)22-12-8-10-15-9-7-11-16(13-15)25-4/h7,9,11,13H,5-6,8,10,12,14H2,1-4H3,(H2,21,22,23). The summed E-state index contributed by atoms with van der Waals surface area (Å²) >= 11 is 0. The molecule has 0 fully saturated rings. The zero-order chi connectivity index (χ0) is 18.8. The number of ether oxygens (including phenoxy) is 1. The highest BCUT2D eigenvalue weighted by Crippen LogP contribution is 2.15. The SMILES string of the molecule is CCc1noc(CC)c1CNC(=NC)NCCCc1cccc(OC)c1. The van der Waals surface area contributed by atoms with Gasteiger partial charge in [0.1, 0.15) is 11.5 Å². The molecule has 0 spiro atoms. The van der Waals surface area contributed by atoms with Gasteiger partial charge in [0.05, 0.1) is 12.8 Å². The van der Waals surface area contributed by atoms with Crippen molar-refractivity contribution in [2.45, 2.75) is 46.1 Å². The van der Waals surface area contributed by atoms with E-state index in [1.165, 1.54) is 5.56 Å². The molecule has 0 aliphatic heterocycles. The van der Waals surface area contributed by atoms with Gasteiger partial charge in [-0.1, -0.05) is 31.1 Å². The fourth-order valence-electron chi connectivity index (χ4n) is 2.86. The van der Waals surface area contributed by atoms with Crippen LogP contribution in [0.15, 0.2) is 33.8 Å². The fourth-order valence-corrected chi connectivity index (χ4v) is 2.86. The average Bonchev–Trinajstić information content (AvgIpc) is 3.09. The molecule has 0 unspecified atom stereocenters. The molecule has 1 heterocycles. The zero-order valence-electron chi connectivity index (χ0n) is 16.3. The lowest BCUT2D eigenvalue weighted by Gasteiger charge is -2.12. The van der Waals surface area contributed by atoms with Gasteiger partial charge in [-0.15, -0.1) is 0 Å². The van der Waals surface area contributed by atoms with Gasteiger partial charge >= 0.3 is 0 Å². The highest BCUT2D eigenvalue weighted by atomic mass is 16.5. The van der Waals surface area contributed by atoms with Gasteiger partial charge < -0.3 is 19.9 Å². The van der Waals surface area contributed by atoms with Crippen molar-refractivity contribution in [2.24, 2.45) is 4.99 Å². The predicted octanol–water partition coefficient (Wildman–Crippen LogP) is 3.11. The monoisotopic (exact) mass is 358 g/mol. The van der Waals surface area contributed by atoms with Crippen molar-refractivity contribution in [3.63, 3.8) is 0 Å². The molecule has 0 aliphatic rings. The summed E-state index contributed by atoms with van der Waals surface area (Å²) in [5.41, 5.74) is 3.44. The molecular weight excluding hydrogens is 328 g/mol. The van der Waals surface area contributed by atoms with Crippen molar-refractivity contribution in [1.29, 1.82) is 0 Å². The van der Waals surface area contributed by atoms with Crippen LogP contribution in [0.2, 0.25) is 0 Å². The van der Waals surface area contributed by atoms with E-state index in [-0.39, 0.29) is 0 Å². The molecule has 1 aromatic carbocycles. The van der Waals surface area contributed by atoms with Crippen LogP contribution >= 0.6 is 0 Å². The van der Waals surface area contributed by atoms with Crippen molar-refractivity contribution in [3.05, 3.63) is 46.8 Å². The van der Waals surface area contributed by atoms with Gasteiger partial charge in [0.25, 0.3) is 0 Å². The molecule has 0 aliphatic carbocycles. The molecule has 0 saturated heterocycles. The highest BCUT2D eigenvalue weighted by molar-refractivity contribution is 5.79. The van der Waals surface area contributed by atoms with Gasteiger partial charge in [0, 0.05) is 32.1 Å². The number of aryl methyl sites for hydroxylation is 3. The van der Waals surface area contributed by atoms with Gasteiger partial charge in [-0.3, -0.25) is 4.99 Å². The van der Waals surface area contributed by atoms with Crippen LogP contribution in [0.4, 0.5) is 0 Å². The topological polar surface area (TPSA) is 71.7 Å². The largest absolute Gasteiger partial charge is 0.497 e. The van der Waals surface area contributed by atoms with E-state index in [4.69, 9.17) is 9.26 Å². The number of nitrogens with one attached hydrogen (secondary N) is 2. The fraction of sp³-hybridized carbons (Fsp3) is 0.500. The van der Waals surface area contributed by atoms with Crippen molar-refractivity contribution in [1.82, 2.24) is 15.8 Å². The van der Waals surface area contributed by atoms with E-state index in [1.807, 2.05) is 12.1 Å². The molecule has 1 aromatic heterocycles. The number of guanidine groups is 1. The molecule has 6 nitrogen and oxygen atoms in total. The van der Waals surface area contributed by atoms with Crippen LogP contribution in [0.25, 0.3) is 0 Å². The van der Waals surface area contributed by atoms with Gasteiger partial charge in [-0.2, -0.15) is 0 Å². The summed E-state index contributed by atoms with van der Waals surface area (Å²) < 4.78 is 10.7. The number of methoxy groups -OCH3 is 1. The Hall–Kier alpha value is -2.50. The molecule has 142 valence electrons. The van der Waals surface area contributed by atoms with Crippen molar-refractivity contribution < 1.29 is 9.26 Å². The van der Waals surface area contributed by atoms with Gasteiger partial charge in [0.2, 0.25) is 0 Å². The summed E-state index contributed by atoms with van der Waals surface area (Å²) in [7, 11) is 3.48. The van der Waals surface area contributed by atoms with Crippen LogP contribution in [0.3, 0.4) is 0 Å². The minimum absolute atomic E-state index is 0.672. The average molecular weight is 358 g/mol. The molecule has 0 amide bonds. The van der Waals surface area contributed by atoms with Crippen LogP contribution in [0.1, 0.15) is 42.8 Å². The van der Waals surface area contributed by atoms with Crippen LogP contribution in [-0.4, -0.2) is 31.8 Å². The van der Waals surface area contributed by atoms with Crippen molar-refractivity contribution >= 4 is 5.96 Å². The zero-order valence-corrected chi connectivity index (χ0v) is 16.3. The Kier molecular flexibility index (Phi) is 7.99. The second-order valence-electron chi connectivity index (χ2n) is 6.05. The first-order valence-electron chi connectivity index (χ1n) is 9.25. The summed E-state index contributed by atoms with van der Waals surface area (Å²) in [6, 6.07) is 8.20. The smallest absolute Gasteiger partial charge is 0.191 e. The minimum atomic E-state index is 0.672. The highest BCUT2D eigenvalue weighted by Gasteiger charge is 2.13. The first-order chi connectivity index (χ1) is 12.7. The van der Waals surface area contributed by atoms with E-state index in [0.717, 1.165) is 61.0 Å². The minimum Gasteiger partial charge on any atom is -0.497 e. The molecule has 2 aromatic rings. The summed E-state index contributed by atoms with van der Waals surface area (Å²) in [4.78, 5) is 4.29. The lowest BCUT2D eigenvalue weighted by molar-refractivity contribution is 0.380. The Bertz CT molecular complexity index is 688. The van der Waals surface area contributed by atoms with E-state index in [1.54, 1.807) is 14.2 Å². The quantitative estimate of drug-likeness (QED) is 0.409. The molecule has 0 bridgehead atoms. The molecule has 2 N–H and O–H groups in total. The molecule has 0 radical (unpaired) electrons. The molecule has 0 atom stereocenters. The second kappa shape index (κ2) is 10.5. The molecule has 0 saturated carbocycles. The molecule has 6 heteroatoms. The maximum atomic E-state index is 5.41. The van der Waals surface area contributed by atoms with E-state index >= 15 is 0 Å². The third kappa shape index (κ3) is 5.51. The Balaban J connectivity index is 1.78. The van der Waals surface area contributed by atoms with E-state index < -0.39 is 0 Å². The van der Waals surface area contributed by atoms with Gasteiger partial charge in [-0.25, -0.2) is 0 Å². The number of benzene rings is 1. The number of aliphatic imine (C=N–C) groups is 1. The first-order valence-corrected chi connectivity index (χ1v) is 9.25. The Morgan fingerprint density at radius 1 is 1.23 bits per heavy atom. The van der Waals surface area contributed by atoms with Gasteiger partial charge in [0.15, 0.2) is 5.96 Å². The Morgan fingerprint density at radius 2 is 2.08 bits per heavy atom. The van der Waals surface area contributed by atoms with Crippen molar-refractivity contribution in [3.8, 4) is 5.75 Å². The van der Waals surface area contributed by atoms with Crippen molar-refractivity contribution in [2.75, 3.05) is 20.7 Å². The number of nitrogens with zero attached hydrogens (tertiary/aromatic N) is 2. The third-order valence-electron chi connectivity index (χ3n) is 4.33. The molecule has 26 heavy (non-hydrogen) atoms. The van der Waals surface area contributed by atoms with Gasteiger partial charge in [-0.05, 0) is 37.0 Å². The van der Waals surface area contributed by atoms with Crippen LogP contribution in [-0.2, 0) is 25.8 Å². The van der Waals surface area contributed by atoms with Crippen LogP contribution in [0, 0.1) is 0 Å². The molecule has 2 rings (SSSR count). The van der Waals surface area contributed by atoms with Crippen LogP contribution in [0.5, 0.6) is 5.75 Å². The molecular formula is C20H30N4O2. The summed E-state index contributed by atoms with van der Waals surface area (Å²) in [5.74, 6) is 2.64. The maximum absolute atomic E-state index is 5.41. The second-order valence-corrected chi connectivity index (χ2v) is 6.05. The summed E-state index contributed by atoms with van der Waals surface area (Å²) in [6.07, 6.45) is 3.72. The normalized spacial score (nSPS) is 11.5. The Morgan fingerprint density at radius 3 is 2.77 bits per heavy atom. The van der Waals surface area contributed by atoms with E-state index in [2.05, 4.69) is 46.8 Å². The third-order valence-corrected chi connectivity index (χ3v) is 4.33. The summed E-state index contributed by atoms with van der Waals surface area (Å²) in [5, 5.41) is 10.9. The summed E-state index contributed by atoms with van der Waals surface area (Å²) in [6.45, 7) is 5.69. The van der Waals surface area contributed by atoms with Crippen LogP contribution < -0.4 is 15.4 Å². The lowest BCUT2D eigenvalue weighted by atomic mass is 10.1. The van der Waals surface area contributed by atoms with E-state index in [0.29, 0.717) is 6.54 Å². The lowest BCUT2D eigenvalue weighted by Crippen LogP contribution is -2.37.